The number of carbonyl (C=O) groups excluding carboxylic acids is 1. The lowest BCUT2D eigenvalue weighted by Crippen LogP contribution is -2.32. The molecule has 0 aliphatic carbocycles. The fourth-order valence-electron chi connectivity index (χ4n) is 1.69. The third kappa shape index (κ3) is 7.57. The number of hydrogen-bond acceptors (Lipinski definition) is 5. The Morgan fingerprint density at radius 3 is 2.41 bits per heavy atom. The molecule has 0 amide bonds. The Labute approximate surface area is 106 Å². The molecule has 100 valence electrons. The van der Waals surface area contributed by atoms with Gasteiger partial charge in [0.25, 0.3) is 0 Å². The van der Waals surface area contributed by atoms with Gasteiger partial charge in [0.15, 0.2) is 0 Å². The topological polar surface area (TPSA) is 63.7 Å². The van der Waals surface area contributed by atoms with Crippen LogP contribution in [0, 0.1) is 0 Å². The molecule has 0 radical (unpaired) electrons. The lowest BCUT2D eigenvalue weighted by molar-refractivity contribution is -0.194. The highest BCUT2D eigenvalue weighted by molar-refractivity contribution is 8.13. The van der Waals surface area contributed by atoms with Gasteiger partial charge in [0, 0.05) is 30.2 Å². The van der Waals surface area contributed by atoms with E-state index in [1.54, 1.807) is 5.06 Å². The summed E-state index contributed by atoms with van der Waals surface area (Å²) in [5, 5.41) is 1.68. The van der Waals surface area contributed by atoms with Crippen molar-refractivity contribution in [1.29, 1.82) is 0 Å². The molecule has 0 aromatic heterocycles. The zero-order valence-corrected chi connectivity index (χ0v) is 11.3. The Kier molecular flexibility index (Phi) is 6.22. The van der Waals surface area contributed by atoms with Crippen LogP contribution in [0.5, 0.6) is 0 Å². The van der Waals surface area contributed by atoms with Crippen molar-refractivity contribution in [2.75, 3.05) is 18.8 Å². The van der Waals surface area contributed by atoms with Gasteiger partial charge in [-0.3, -0.25) is 4.79 Å². The van der Waals surface area contributed by atoms with Gasteiger partial charge < -0.3 is 4.84 Å². The van der Waals surface area contributed by atoms with Crippen molar-refractivity contribution in [3.63, 3.8) is 0 Å². The number of carbonyl (C=O) groups is 1. The van der Waals surface area contributed by atoms with Gasteiger partial charge in [0.2, 0.25) is 9.05 Å². The van der Waals surface area contributed by atoms with Gasteiger partial charge in [0.1, 0.15) is 0 Å². The molecule has 1 aliphatic heterocycles. The maximum atomic E-state index is 11.4. The summed E-state index contributed by atoms with van der Waals surface area (Å²) in [5.74, 6) is -0.384. The van der Waals surface area contributed by atoms with Gasteiger partial charge in [-0.05, 0) is 25.7 Å². The molecule has 1 aliphatic rings. The second-order valence-electron chi connectivity index (χ2n) is 4.15. The molecule has 5 nitrogen and oxygen atoms in total. The van der Waals surface area contributed by atoms with E-state index in [2.05, 4.69) is 0 Å². The highest BCUT2D eigenvalue weighted by atomic mass is 35.7. The summed E-state index contributed by atoms with van der Waals surface area (Å²) in [4.78, 5) is 16.5. The molecule has 0 bridgehead atoms. The maximum absolute atomic E-state index is 11.4. The molecular formula is C10H18ClNO4S. The largest absolute Gasteiger partial charge is 0.368 e. The Morgan fingerprint density at radius 2 is 1.82 bits per heavy atom. The lowest BCUT2D eigenvalue weighted by atomic mass is 10.2. The Hall–Kier alpha value is -0.330. The van der Waals surface area contributed by atoms with Crippen LogP contribution in [-0.2, 0) is 18.7 Å². The van der Waals surface area contributed by atoms with E-state index in [0.717, 1.165) is 25.9 Å². The number of unbranched alkanes of at least 4 members (excludes halogenated alkanes) is 1. The summed E-state index contributed by atoms with van der Waals surface area (Å²) >= 11 is 0. The quantitative estimate of drug-likeness (QED) is 0.548. The zero-order valence-electron chi connectivity index (χ0n) is 9.73. The predicted octanol–water partition coefficient (Wildman–Crippen LogP) is 1.67. The Bertz CT molecular complexity index is 338. The first-order valence-corrected chi connectivity index (χ1v) is 8.33. The number of piperidine rings is 1. The maximum Gasteiger partial charge on any atom is 0.325 e. The minimum Gasteiger partial charge on any atom is -0.368 e. The number of nitrogens with zero attached hydrogens (tertiary/aromatic N) is 1. The summed E-state index contributed by atoms with van der Waals surface area (Å²) in [7, 11) is 1.61. The summed E-state index contributed by atoms with van der Waals surface area (Å²) in [6.07, 6.45) is 4.40. The first-order chi connectivity index (χ1) is 7.97. The van der Waals surface area contributed by atoms with E-state index in [1.807, 2.05) is 0 Å². The van der Waals surface area contributed by atoms with Crippen molar-refractivity contribution >= 4 is 25.7 Å². The summed E-state index contributed by atoms with van der Waals surface area (Å²) < 4.78 is 21.3. The van der Waals surface area contributed by atoms with Crippen LogP contribution in [0.1, 0.15) is 38.5 Å². The second kappa shape index (κ2) is 7.18. The van der Waals surface area contributed by atoms with Crippen LogP contribution in [0.15, 0.2) is 0 Å². The van der Waals surface area contributed by atoms with Gasteiger partial charge in [-0.1, -0.05) is 6.42 Å². The molecule has 0 spiro atoms. The Balaban J connectivity index is 2.08. The van der Waals surface area contributed by atoms with Crippen LogP contribution < -0.4 is 0 Å². The first-order valence-electron chi connectivity index (χ1n) is 5.85. The highest BCUT2D eigenvalue weighted by Gasteiger charge is 2.15. The van der Waals surface area contributed by atoms with E-state index in [4.69, 9.17) is 15.5 Å². The fraction of sp³-hybridized carbons (Fsp3) is 0.900. The third-order valence-electron chi connectivity index (χ3n) is 2.57. The molecule has 1 heterocycles. The van der Waals surface area contributed by atoms with Crippen LogP contribution >= 0.6 is 10.7 Å². The van der Waals surface area contributed by atoms with Gasteiger partial charge in [0.05, 0.1) is 5.75 Å². The van der Waals surface area contributed by atoms with E-state index in [-0.39, 0.29) is 18.1 Å². The summed E-state index contributed by atoms with van der Waals surface area (Å²) in [6, 6.07) is 0. The van der Waals surface area contributed by atoms with Crippen LogP contribution in [0.2, 0.25) is 0 Å². The van der Waals surface area contributed by atoms with Crippen molar-refractivity contribution in [3.05, 3.63) is 0 Å². The van der Waals surface area contributed by atoms with Gasteiger partial charge in [-0.15, -0.1) is 5.06 Å². The highest BCUT2D eigenvalue weighted by Crippen LogP contribution is 2.10. The molecule has 1 fully saturated rings. The molecule has 7 heteroatoms. The molecule has 0 unspecified atom stereocenters. The normalized spacial score (nSPS) is 17.9. The number of hydroxylamine groups is 2. The monoisotopic (exact) mass is 283 g/mol. The molecule has 1 rings (SSSR count). The third-order valence-corrected chi connectivity index (χ3v) is 3.80. The van der Waals surface area contributed by atoms with Crippen molar-refractivity contribution in [2.45, 2.75) is 38.5 Å². The number of rotatable bonds is 6. The standard InChI is InChI=1S/C10H18ClNO4S/c11-17(14,15)9-5-2-6-10(13)16-12-7-3-1-4-8-12/h1-9H2. The lowest BCUT2D eigenvalue weighted by Gasteiger charge is -2.24. The van der Waals surface area contributed by atoms with Gasteiger partial charge >= 0.3 is 5.97 Å². The number of halogens is 1. The first kappa shape index (κ1) is 14.7. The molecule has 0 N–H and O–H groups in total. The van der Waals surface area contributed by atoms with Crippen LogP contribution in [-0.4, -0.2) is 38.3 Å². The van der Waals surface area contributed by atoms with E-state index >= 15 is 0 Å². The average molecular weight is 284 g/mol. The van der Waals surface area contributed by atoms with E-state index in [0.29, 0.717) is 12.8 Å². The molecule has 0 aromatic rings. The summed E-state index contributed by atoms with van der Waals surface area (Å²) in [6.45, 7) is 1.59. The molecule has 0 saturated carbocycles. The van der Waals surface area contributed by atoms with Crippen molar-refractivity contribution in [3.8, 4) is 0 Å². The zero-order chi connectivity index (χ0) is 12.7. The minimum atomic E-state index is -3.44. The van der Waals surface area contributed by atoms with E-state index in [9.17, 15) is 13.2 Å². The van der Waals surface area contributed by atoms with Gasteiger partial charge in [-0.2, -0.15) is 0 Å². The number of hydrogen-bond donors (Lipinski definition) is 0. The van der Waals surface area contributed by atoms with Crippen molar-refractivity contribution in [1.82, 2.24) is 5.06 Å². The van der Waals surface area contributed by atoms with E-state index in [1.165, 1.54) is 6.42 Å². The van der Waals surface area contributed by atoms with Gasteiger partial charge in [-0.25, -0.2) is 8.42 Å². The second-order valence-corrected chi connectivity index (χ2v) is 7.05. The molecule has 0 atom stereocenters. The van der Waals surface area contributed by atoms with Crippen molar-refractivity contribution < 1.29 is 18.0 Å². The van der Waals surface area contributed by atoms with E-state index < -0.39 is 9.05 Å². The fourth-order valence-corrected chi connectivity index (χ4v) is 2.57. The minimum absolute atomic E-state index is 0.0917. The van der Waals surface area contributed by atoms with Crippen LogP contribution in [0.25, 0.3) is 0 Å². The smallest absolute Gasteiger partial charge is 0.325 e. The molecular weight excluding hydrogens is 266 g/mol. The average Bonchev–Trinajstić information content (AvgIpc) is 2.25. The molecule has 0 aromatic carbocycles. The SMILES string of the molecule is O=C(CCCCS(=O)(=O)Cl)ON1CCCCC1. The predicted molar refractivity (Wildman–Crippen MR) is 65.0 cm³/mol. The summed E-state index contributed by atoms with van der Waals surface area (Å²) in [5.41, 5.74) is 0. The van der Waals surface area contributed by atoms with Crippen LogP contribution in [0.4, 0.5) is 0 Å². The molecule has 1 saturated heterocycles. The molecule has 17 heavy (non-hydrogen) atoms. The Morgan fingerprint density at radius 1 is 1.18 bits per heavy atom. The van der Waals surface area contributed by atoms with Crippen molar-refractivity contribution in [2.24, 2.45) is 0 Å². The van der Waals surface area contributed by atoms with Crippen LogP contribution in [0.3, 0.4) is 0 Å².